The molecule has 0 aliphatic heterocycles. The highest BCUT2D eigenvalue weighted by atomic mass is 79.9. The Morgan fingerprint density at radius 3 is 2.68 bits per heavy atom. The van der Waals surface area contributed by atoms with Gasteiger partial charge in [0.2, 0.25) is 5.96 Å². The molecule has 0 bridgehead atoms. The first-order chi connectivity index (χ1) is 10.5. The van der Waals surface area contributed by atoms with Crippen LogP contribution in [-0.2, 0) is 9.53 Å². The third-order valence-electron chi connectivity index (χ3n) is 2.30. The van der Waals surface area contributed by atoms with E-state index in [9.17, 15) is 4.79 Å². The molecule has 1 aromatic carbocycles. The quantitative estimate of drug-likeness (QED) is 0.318. The van der Waals surface area contributed by atoms with Crippen molar-refractivity contribution in [3.8, 4) is 11.5 Å². The van der Waals surface area contributed by atoms with Crippen LogP contribution in [0.5, 0.6) is 11.5 Å². The zero-order valence-corrected chi connectivity index (χ0v) is 13.8. The zero-order chi connectivity index (χ0) is 16.5. The summed E-state index contributed by atoms with van der Waals surface area (Å²) in [6, 6.07) is 3.31. The van der Waals surface area contributed by atoms with Gasteiger partial charge in [0.25, 0.3) is 0 Å². The lowest BCUT2D eigenvalue weighted by Crippen LogP contribution is -2.21. The van der Waals surface area contributed by atoms with Crippen LogP contribution in [0.1, 0.15) is 12.5 Å². The molecule has 0 aromatic heterocycles. The maximum Gasteiger partial charge on any atom is 0.344 e. The number of halogens is 1. The van der Waals surface area contributed by atoms with Crippen molar-refractivity contribution in [1.29, 1.82) is 0 Å². The summed E-state index contributed by atoms with van der Waals surface area (Å²) in [5, 5.41) is 7.22. The molecule has 0 fully saturated rings. The lowest BCUT2D eigenvalue weighted by molar-refractivity contribution is -0.145. The van der Waals surface area contributed by atoms with Crippen LogP contribution in [0, 0.1) is 0 Å². The molecule has 1 aromatic rings. The molecule has 8 nitrogen and oxygen atoms in total. The predicted octanol–water partition coefficient (Wildman–Crippen LogP) is 1.01. The second-order valence-corrected chi connectivity index (χ2v) is 4.74. The van der Waals surface area contributed by atoms with Gasteiger partial charge in [0.1, 0.15) is 0 Å². The van der Waals surface area contributed by atoms with Gasteiger partial charge >= 0.3 is 5.97 Å². The van der Waals surface area contributed by atoms with Gasteiger partial charge in [-0.25, -0.2) is 4.79 Å². The van der Waals surface area contributed by atoms with Crippen molar-refractivity contribution in [2.45, 2.75) is 6.92 Å². The SMILES string of the molecule is CCOC(=O)COc1cc(Br)c(C=NN=C(N)N)cc1OC. The Kier molecular flexibility index (Phi) is 7.17. The Morgan fingerprint density at radius 2 is 2.09 bits per heavy atom. The standard InChI is InChI=1S/C13H17BrN4O4/c1-3-21-12(19)7-22-11-5-9(14)8(4-10(11)20-2)6-17-18-13(15)16/h4-6H,3,7H2,1-2H3,(H4,15,16,18). The first-order valence-electron chi connectivity index (χ1n) is 6.25. The van der Waals surface area contributed by atoms with E-state index < -0.39 is 5.97 Å². The summed E-state index contributed by atoms with van der Waals surface area (Å²) in [5.41, 5.74) is 11.0. The third kappa shape index (κ3) is 5.60. The van der Waals surface area contributed by atoms with E-state index in [1.807, 2.05) is 0 Å². The van der Waals surface area contributed by atoms with Crippen LogP contribution in [-0.4, -0.2) is 38.5 Å². The number of carbonyl (C=O) groups excluding carboxylic acids is 1. The minimum Gasteiger partial charge on any atom is -0.493 e. The number of carbonyl (C=O) groups is 1. The van der Waals surface area contributed by atoms with Crippen LogP contribution < -0.4 is 20.9 Å². The predicted molar refractivity (Wildman–Crippen MR) is 86.2 cm³/mol. The molecule has 22 heavy (non-hydrogen) atoms. The number of nitrogens with zero attached hydrogens (tertiary/aromatic N) is 2. The summed E-state index contributed by atoms with van der Waals surface area (Å²) in [6.45, 7) is 1.81. The van der Waals surface area contributed by atoms with Gasteiger partial charge in [-0.05, 0) is 35.0 Å². The molecule has 0 aliphatic rings. The van der Waals surface area contributed by atoms with Gasteiger partial charge in [0.15, 0.2) is 18.1 Å². The van der Waals surface area contributed by atoms with E-state index in [2.05, 4.69) is 26.1 Å². The second-order valence-electron chi connectivity index (χ2n) is 3.89. The van der Waals surface area contributed by atoms with Crippen LogP contribution >= 0.6 is 15.9 Å². The van der Waals surface area contributed by atoms with Gasteiger partial charge in [0.05, 0.1) is 19.9 Å². The van der Waals surface area contributed by atoms with E-state index in [1.165, 1.54) is 13.3 Å². The van der Waals surface area contributed by atoms with E-state index >= 15 is 0 Å². The zero-order valence-electron chi connectivity index (χ0n) is 12.2. The van der Waals surface area contributed by atoms with Crippen molar-refractivity contribution < 1.29 is 19.0 Å². The Morgan fingerprint density at radius 1 is 1.36 bits per heavy atom. The Bertz CT molecular complexity index is 586. The van der Waals surface area contributed by atoms with Crippen molar-refractivity contribution >= 4 is 34.1 Å². The normalized spacial score (nSPS) is 10.3. The summed E-state index contributed by atoms with van der Waals surface area (Å²) < 4.78 is 16.1. The van der Waals surface area contributed by atoms with Crippen LogP contribution in [0.4, 0.5) is 0 Å². The highest BCUT2D eigenvalue weighted by molar-refractivity contribution is 9.10. The second kappa shape index (κ2) is 8.88. The summed E-state index contributed by atoms with van der Waals surface area (Å²) in [4.78, 5) is 11.3. The number of rotatable bonds is 7. The molecule has 0 aliphatic carbocycles. The molecule has 0 spiro atoms. The molecule has 4 N–H and O–H groups in total. The Balaban J connectivity index is 2.92. The third-order valence-corrected chi connectivity index (χ3v) is 2.99. The minimum absolute atomic E-state index is 0.145. The van der Waals surface area contributed by atoms with Crippen LogP contribution in [0.3, 0.4) is 0 Å². The maximum atomic E-state index is 11.3. The van der Waals surface area contributed by atoms with Crippen LogP contribution in [0.2, 0.25) is 0 Å². The summed E-state index contributed by atoms with van der Waals surface area (Å²) in [7, 11) is 1.48. The number of guanidine groups is 1. The minimum atomic E-state index is -0.459. The number of esters is 1. The molecular formula is C13H17BrN4O4. The molecule has 9 heteroatoms. The van der Waals surface area contributed by atoms with E-state index in [4.69, 9.17) is 25.7 Å². The first-order valence-corrected chi connectivity index (χ1v) is 7.05. The fourth-order valence-electron chi connectivity index (χ4n) is 1.42. The summed E-state index contributed by atoms with van der Waals surface area (Å²) in [5.74, 6) is 0.216. The number of nitrogens with two attached hydrogens (primary N) is 2. The monoisotopic (exact) mass is 372 g/mol. The van der Waals surface area contributed by atoms with E-state index in [1.54, 1.807) is 19.1 Å². The number of benzene rings is 1. The number of hydrogen-bond acceptors (Lipinski definition) is 6. The van der Waals surface area contributed by atoms with E-state index in [0.717, 1.165) is 0 Å². The lowest BCUT2D eigenvalue weighted by atomic mass is 10.2. The average Bonchev–Trinajstić information content (AvgIpc) is 2.46. The average molecular weight is 373 g/mol. The number of ether oxygens (including phenoxy) is 3. The molecule has 0 amide bonds. The highest BCUT2D eigenvalue weighted by Gasteiger charge is 2.11. The maximum absolute atomic E-state index is 11.3. The van der Waals surface area contributed by atoms with Crippen molar-refractivity contribution in [2.75, 3.05) is 20.3 Å². The molecule has 0 unspecified atom stereocenters. The van der Waals surface area contributed by atoms with Crippen LogP contribution in [0.25, 0.3) is 0 Å². The molecule has 0 heterocycles. The largest absolute Gasteiger partial charge is 0.493 e. The fourth-order valence-corrected chi connectivity index (χ4v) is 1.84. The molecule has 0 radical (unpaired) electrons. The van der Waals surface area contributed by atoms with Crippen molar-refractivity contribution in [1.82, 2.24) is 0 Å². The Hall–Kier alpha value is -2.29. The molecule has 0 atom stereocenters. The fraction of sp³-hybridized carbons (Fsp3) is 0.308. The summed E-state index contributed by atoms with van der Waals surface area (Å²) >= 11 is 3.36. The van der Waals surface area contributed by atoms with Gasteiger partial charge in [-0.1, -0.05) is 0 Å². The Labute approximate surface area is 136 Å². The van der Waals surface area contributed by atoms with E-state index in [0.29, 0.717) is 28.1 Å². The molecule has 0 saturated carbocycles. The number of methoxy groups -OCH3 is 1. The highest BCUT2D eigenvalue weighted by Crippen LogP contribution is 2.32. The van der Waals surface area contributed by atoms with Gasteiger partial charge in [-0.3, -0.25) is 0 Å². The first kappa shape index (κ1) is 17.8. The molecule has 1 rings (SSSR count). The van der Waals surface area contributed by atoms with Gasteiger partial charge in [-0.2, -0.15) is 5.10 Å². The summed E-state index contributed by atoms with van der Waals surface area (Å²) in [6.07, 6.45) is 1.45. The molecule has 120 valence electrons. The van der Waals surface area contributed by atoms with Gasteiger partial charge in [0, 0.05) is 10.0 Å². The number of hydrogen-bond donors (Lipinski definition) is 2. The van der Waals surface area contributed by atoms with Crippen molar-refractivity contribution in [3.63, 3.8) is 0 Å². The van der Waals surface area contributed by atoms with Gasteiger partial charge in [-0.15, -0.1) is 5.10 Å². The van der Waals surface area contributed by atoms with Crippen molar-refractivity contribution in [3.05, 3.63) is 22.2 Å². The molecule has 0 saturated heterocycles. The van der Waals surface area contributed by atoms with Crippen LogP contribution in [0.15, 0.2) is 26.8 Å². The molecular weight excluding hydrogens is 356 g/mol. The topological polar surface area (TPSA) is 122 Å². The van der Waals surface area contributed by atoms with Gasteiger partial charge < -0.3 is 25.7 Å². The van der Waals surface area contributed by atoms with E-state index in [-0.39, 0.29) is 12.6 Å². The van der Waals surface area contributed by atoms with Crippen molar-refractivity contribution in [2.24, 2.45) is 21.7 Å². The smallest absolute Gasteiger partial charge is 0.344 e. The lowest BCUT2D eigenvalue weighted by Gasteiger charge is -2.12.